The second-order valence-electron chi connectivity index (χ2n) is 4.43. The minimum atomic E-state index is -0.401. The maximum absolute atomic E-state index is 13.1. The largest absolute Gasteiger partial charge is 0.372 e. The molecule has 0 amide bonds. The molecule has 4 nitrogen and oxygen atoms in total. The predicted octanol–water partition coefficient (Wildman–Crippen LogP) is 3.57. The number of ether oxygens (including phenoxy) is 1. The Morgan fingerprint density at radius 2 is 2.26 bits per heavy atom. The van der Waals surface area contributed by atoms with Crippen LogP contribution in [-0.2, 0) is 4.74 Å². The molecule has 3 rings (SSSR count). The third-order valence-electron chi connectivity index (χ3n) is 3.18. The molecule has 1 aromatic carbocycles. The lowest BCUT2D eigenvalue weighted by molar-refractivity contribution is 0.106. The van der Waals surface area contributed by atoms with E-state index in [1.165, 1.54) is 12.1 Å². The molecule has 6 heteroatoms. The molecule has 1 aliphatic heterocycles. The van der Waals surface area contributed by atoms with Gasteiger partial charge in [0.05, 0.1) is 10.6 Å². The lowest BCUT2D eigenvalue weighted by atomic mass is 10.0. The van der Waals surface area contributed by atoms with Crippen LogP contribution in [0.15, 0.2) is 22.7 Å². The van der Waals surface area contributed by atoms with E-state index < -0.39 is 5.82 Å². The summed E-state index contributed by atoms with van der Waals surface area (Å²) >= 11 is 6.07. The van der Waals surface area contributed by atoms with Crippen LogP contribution in [0.1, 0.15) is 24.6 Å². The molecule has 1 unspecified atom stereocenters. The average molecular weight is 283 g/mol. The van der Waals surface area contributed by atoms with Gasteiger partial charge in [-0.25, -0.2) is 4.39 Å². The number of nitrogens with zero attached hydrogens (tertiary/aromatic N) is 1. The number of benzene rings is 1. The summed E-state index contributed by atoms with van der Waals surface area (Å²) in [4.78, 5) is 0. The van der Waals surface area contributed by atoms with Gasteiger partial charge in [0.1, 0.15) is 17.6 Å². The molecule has 2 N–H and O–H groups in total. The molecule has 1 saturated heterocycles. The van der Waals surface area contributed by atoms with Crippen LogP contribution in [0.3, 0.4) is 0 Å². The first-order chi connectivity index (χ1) is 9.16. The van der Waals surface area contributed by atoms with Crippen LogP contribution in [0.2, 0.25) is 5.02 Å². The molecule has 2 aromatic rings. The zero-order valence-electron chi connectivity index (χ0n) is 10.0. The predicted molar refractivity (Wildman–Crippen MR) is 69.2 cm³/mol. The molecular formula is C13H12ClFN2O2. The van der Waals surface area contributed by atoms with Crippen molar-refractivity contribution in [2.45, 2.75) is 18.9 Å². The van der Waals surface area contributed by atoms with E-state index >= 15 is 0 Å². The lowest BCUT2D eigenvalue weighted by Crippen LogP contribution is -1.99. The van der Waals surface area contributed by atoms with Crippen LogP contribution in [0.25, 0.3) is 11.1 Å². The Morgan fingerprint density at radius 1 is 1.42 bits per heavy atom. The molecule has 0 aliphatic carbocycles. The van der Waals surface area contributed by atoms with E-state index in [1.807, 2.05) is 0 Å². The van der Waals surface area contributed by atoms with Crippen molar-refractivity contribution in [3.63, 3.8) is 0 Å². The van der Waals surface area contributed by atoms with E-state index in [1.54, 1.807) is 6.07 Å². The van der Waals surface area contributed by atoms with E-state index in [0.717, 1.165) is 12.8 Å². The quantitative estimate of drug-likeness (QED) is 0.915. The van der Waals surface area contributed by atoms with Crippen molar-refractivity contribution in [2.24, 2.45) is 0 Å². The van der Waals surface area contributed by atoms with Crippen LogP contribution in [0.4, 0.5) is 10.3 Å². The standard InChI is InChI=1S/C13H12ClFN2O2/c14-9-6-7(15)3-4-8(9)11-12(17-19-13(11)16)10-2-1-5-18-10/h3-4,6,10H,1-2,5,16H2. The Balaban J connectivity index is 2.10. The maximum Gasteiger partial charge on any atom is 0.230 e. The fourth-order valence-corrected chi connectivity index (χ4v) is 2.55. The Kier molecular flexibility index (Phi) is 3.16. The highest BCUT2D eigenvalue weighted by Crippen LogP contribution is 2.41. The van der Waals surface area contributed by atoms with Crippen LogP contribution >= 0.6 is 11.6 Å². The zero-order chi connectivity index (χ0) is 13.4. The highest BCUT2D eigenvalue weighted by molar-refractivity contribution is 6.33. The molecule has 0 bridgehead atoms. The van der Waals surface area contributed by atoms with Crippen molar-refractivity contribution in [2.75, 3.05) is 12.3 Å². The molecule has 0 saturated carbocycles. The Morgan fingerprint density at radius 3 is 2.95 bits per heavy atom. The minimum Gasteiger partial charge on any atom is -0.372 e. The number of nitrogen functional groups attached to an aromatic ring is 1. The van der Waals surface area contributed by atoms with Gasteiger partial charge >= 0.3 is 0 Å². The van der Waals surface area contributed by atoms with Gasteiger partial charge in [0.15, 0.2) is 0 Å². The molecule has 100 valence electrons. The summed E-state index contributed by atoms with van der Waals surface area (Å²) < 4.78 is 23.7. The first-order valence-electron chi connectivity index (χ1n) is 5.99. The number of rotatable bonds is 2. The number of hydrogen-bond acceptors (Lipinski definition) is 4. The summed E-state index contributed by atoms with van der Waals surface area (Å²) in [5.41, 5.74) is 7.64. The van der Waals surface area contributed by atoms with E-state index in [4.69, 9.17) is 26.6 Å². The monoisotopic (exact) mass is 282 g/mol. The maximum atomic E-state index is 13.1. The van der Waals surface area contributed by atoms with Gasteiger partial charge in [0, 0.05) is 12.2 Å². The van der Waals surface area contributed by atoms with Crippen LogP contribution in [0.5, 0.6) is 0 Å². The van der Waals surface area contributed by atoms with Crippen molar-refractivity contribution in [1.29, 1.82) is 0 Å². The van der Waals surface area contributed by atoms with Crippen molar-refractivity contribution in [3.05, 3.63) is 34.7 Å². The van der Waals surface area contributed by atoms with Gasteiger partial charge in [-0.05, 0) is 31.0 Å². The number of hydrogen-bond donors (Lipinski definition) is 1. The SMILES string of the molecule is Nc1onc(C2CCCO2)c1-c1ccc(F)cc1Cl. The summed E-state index contributed by atoms with van der Waals surface area (Å²) in [5, 5.41) is 4.23. The zero-order valence-corrected chi connectivity index (χ0v) is 10.8. The molecule has 19 heavy (non-hydrogen) atoms. The van der Waals surface area contributed by atoms with E-state index in [0.29, 0.717) is 23.4 Å². The first kappa shape index (κ1) is 12.4. The average Bonchev–Trinajstić information content (AvgIpc) is 2.99. The van der Waals surface area contributed by atoms with Gasteiger partial charge in [-0.1, -0.05) is 16.8 Å². The number of aromatic nitrogens is 1. The Labute approximate surface area is 114 Å². The van der Waals surface area contributed by atoms with Gasteiger partial charge in [-0.2, -0.15) is 0 Å². The highest BCUT2D eigenvalue weighted by Gasteiger charge is 2.28. The summed E-state index contributed by atoms with van der Waals surface area (Å²) in [5.74, 6) is -0.235. The smallest absolute Gasteiger partial charge is 0.230 e. The van der Waals surface area contributed by atoms with Crippen LogP contribution in [0, 0.1) is 5.82 Å². The van der Waals surface area contributed by atoms with E-state index in [2.05, 4.69) is 5.16 Å². The van der Waals surface area contributed by atoms with Crippen molar-refractivity contribution in [1.82, 2.24) is 5.16 Å². The Bertz CT molecular complexity index is 609. The summed E-state index contributed by atoms with van der Waals surface area (Å²) in [7, 11) is 0. The third-order valence-corrected chi connectivity index (χ3v) is 3.49. The molecular weight excluding hydrogens is 271 g/mol. The lowest BCUT2D eigenvalue weighted by Gasteiger charge is -2.09. The van der Waals surface area contributed by atoms with Crippen molar-refractivity contribution >= 4 is 17.5 Å². The van der Waals surface area contributed by atoms with Gasteiger partial charge in [-0.3, -0.25) is 0 Å². The van der Waals surface area contributed by atoms with Crippen LogP contribution in [-0.4, -0.2) is 11.8 Å². The normalized spacial score (nSPS) is 18.9. The Hall–Kier alpha value is -1.59. The summed E-state index contributed by atoms with van der Waals surface area (Å²) in [6.45, 7) is 0.689. The van der Waals surface area contributed by atoms with Gasteiger partial charge in [0.25, 0.3) is 0 Å². The van der Waals surface area contributed by atoms with Gasteiger partial charge in [-0.15, -0.1) is 0 Å². The molecule has 1 aliphatic rings. The van der Waals surface area contributed by atoms with Crippen LogP contribution < -0.4 is 5.73 Å². The van der Waals surface area contributed by atoms with Gasteiger partial charge < -0.3 is 15.0 Å². The van der Waals surface area contributed by atoms with E-state index in [-0.39, 0.29) is 17.0 Å². The third kappa shape index (κ3) is 2.19. The molecule has 1 atom stereocenters. The topological polar surface area (TPSA) is 61.3 Å². The van der Waals surface area contributed by atoms with Crippen molar-refractivity contribution < 1.29 is 13.7 Å². The second kappa shape index (κ2) is 4.83. The molecule has 1 fully saturated rings. The van der Waals surface area contributed by atoms with E-state index in [9.17, 15) is 4.39 Å². The van der Waals surface area contributed by atoms with Crippen molar-refractivity contribution in [3.8, 4) is 11.1 Å². The summed E-state index contributed by atoms with van der Waals surface area (Å²) in [6, 6.07) is 4.13. The number of halogens is 2. The molecule has 2 heterocycles. The summed E-state index contributed by atoms with van der Waals surface area (Å²) in [6.07, 6.45) is 1.68. The molecule has 0 spiro atoms. The number of nitrogens with two attached hydrogens (primary N) is 1. The molecule has 1 aromatic heterocycles. The highest BCUT2D eigenvalue weighted by atomic mass is 35.5. The fourth-order valence-electron chi connectivity index (χ4n) is 2.29. The number of anilines is 1. The minimum absolute atomic E-state index is 0.142. The second-order valence-corrected chi connectivity index (χ2v) is 4.84. The van der Waals surface area contributed by atoms with Gasteiger partial charge in [0.2, 0.25) is 5.88 Å². The fraction of sp³-hybridized carbons (Fsp3) is 0.308. The first-order valence-corrected chi connectivity index (χ1v) is 6.36. The molecule has 0 radical (unpaired) electrons.